The number of hydrogen-bond donors (Lipinski definition) is 2. The average molecular weight is 303 g/mol. The maximum Gasteiger partial charge on any atom is 0.195 e. The van der Waals surface area contributed by atoms with Gasteiger partial charge in [-0.05, 0) is 47.0 Å². The lowest BCUT2D eigenvalue weighted by Crippen LogP contribution is -2.26. The van der Waals surface area contributed by atoms with Gasteiger partial charge in [0.1, 0.15) is 0 Å². The molecular weight excluding hydrogens is 289 g/mol. The molecule has 1 heterocycles. The van der Waals surface area contributed by atoms with Gasteiger partial charge in [0.15, 0.2) is 5.96 Å². The number of anilines is 1. The first-order valence-corrected chi connectivity index (χ1v) is 6.27. The highest BCUT2D eigenvalue weighted by Gasteiger charge is 2.12. The molecule has 0 saturated heterocycles. The Bertz CT molecular complexity index is 457. The first kappa shape index (κ1) is 11.7. The van der Waals surface area contributed by atoms with Crippen molar-refractivity contribution in [1.82, 2.24) is 5.32 Å². The van der Waals surface area contributed by atoms with Crippen molar-refractivity contribution in [3.63, 3.8) is 0 Å². The molecule has 2 N–H and O–H groups in total. The molecule has 1 aromatic rings. The first-order valence-electron chi connectivity index (χ1n) is 5.10. The minimum absolute atomic E-state index is 0.768. The number of guanidine groups is 1. The number of halogens is 2. The molecule has 86 valence electrons. The summed E-state index contributed by atoms with van der Waals surface area (Å²) in [5.74, 6) is 0.830. The Morgan fingerprint density at radius 3 is 2.81 bits per heavy atom. The molecule has 1 aliphatic heterocycles. The van der Waals surface area contributed by atoms with Gasteiger partial charge < -0.3 is 10.6 Å². The van der Waals surface area contributed by atoms with Gasteiger partial charge in [-0.1, -0.05) is 11.6 Å². The Balaban J connectivity index is 2.34. The Kier molecular flexibility index (Phi) is 3.40. The second-order valence-electron chi connectivity index (χ2n) is 3.75. The summed E-state index contributed by atoms with van der Waals surface area (Å²) in [6, 6.07) is 1.98. The van der Waals surface area contributed by atoms with Crippen molar-refractivity contribution in [2.24, 2.45) is 4.99 Å². The van der Waals surface area contributed by atoms with Crippen LogP contribution in [0.2, 0.25) is 5.02 Å². The minimum Gasteiger partial charge on any atom is -0.354 e. The third-order valence-corrected chi connectivity index (χ3v) is 4.04. The fraction of sp³-hybridized carbons (Fsp3) is 0.364. The van der Waals surface area contributed by atoms with E-state index in [0.29, 0.717) is 0 Å². The summed E-state index contributed by atoms with van der Waals surface area (Å²) in [6.45, 7) is 5.78. The van der Waals surface area contributed by atoms with Crippen molar-refractivity contribution in [3.8, 4) is 0 Å². The van der Waals surface area contributed by atoms with Gasteiger partial charge >= 0.3 is 0 Å². The van der Waals surface area contributed by atoms with Crippen molar-refractivity contribution in [2.45, 2.75) is 13.8 Å². The lowest BCUT2D eigenvalue weighted by molar-refractivity contribution is 0.959. The summed E-state index contributed by atoms with van der Waals surface area (Å²) in [4.78, 5) is 4.30. The van der Waals surface area contributed by atoms with Crippen molar-refractivity contribution in [3.05, 3.63) is 26.7 Å². The summed E-state index contributed by atoms with van der Waals surface area (Å²) < 4.78 is 0.901. The van der Waals surface area contributed by atoms with Crippen LogP contribution in [0.4, 0.5) is 5.69 Å². The van der Waals surface area contributed by atoms with Crippen LogP contribution in [0.25, 0.3) is 0 Å². The highest BCUT2D eigenvalue weighted by molar-refractivity contribution is 9.10. The maximum atomic E-state index is 6.15. The summed E-state index contributed by atoms with van der Waals surface area (Å²) in [5, 5.41) is 7.21. The third-order valence-electron chi connectivity index (χ3n) is 2.70. The van der Waals surface area contributed by atoms with Crippen LogP contribution >= 0.6 is 27.5 Å². The predicted octanol–water partition coefficient (Wildman–Crippen LogP) is 3.09. The van der Waals surface area contributed by atoms with E-state index in [1.54, 1.807) is 0 Å². The largest absolute Gasteiger partial charge is 0.354 e. The van der Waals surface area contributed by atoms with Crippen LogP contribution in [0.15, 0.2) is 15.5 Å². The monoisotopic (exact) mass is 301 g/mol. The van der Waals surface area contributed by atoms with E-state index in [2.05, 4.69) is 31.6 Å². The Labute approximate surface area is 108 Å². The molecule has 0 aliphatic carbocycles. The molecule has 5 heteroatoms. The van der Waals surface area contributed by atoms with Gasteiger partial charge in [-0.15, -0.1) is 0 Å². The molecule has 0 fully saturated rings. The molecular formula is C11H13BrClN3. The smallest absolute Gasteiger partial charge is 0.195 e. The molecule has 0 saturated carbocycles. The molecule has 0 atom stereocenters. The quantitative estimate of drug-likeness (QED) is 0.836. The number of aliphatic imine (C=N–C) groups is 1. The molecule has 0 radical (unpaired) electrons. The highest BCUT2D eigenvalue weighted by Crippen LogP contribution is 2.33. The molecule has 0 aromatic heterocycles. The van der Waals surface area contributed by atoms with Crippen molar-refractivity contribution in [1.29, 1.82) is 0 Å². The van der Waals surface area contributed by atoms with Crippen LogP contribution in [0.3, 0.4) is 0 Å². The number of rotatable bonds is 1. The van der Waals surface area contributed by atoms with Gasteiger partial charge in [0.05, 0.1) is 11.6 Å². The van der Waals surface area contributed by atoms with Crippen LogP contribution in [-0.4, -0.2) is 19.0 Å². The van der Waals surface area contributed by atoms with Gasteiger partial charge in [0.2, 0.25) is 0 Å². The van der Waals surface area contributed by atoms with Gasteiger partial charge in [-0.3, -0.25) is 4.99 Å². The zero-order chi connectivity index (χ0) is 11.7. The SMILES string of the molecule is Cc1c(NC2=NCCN2)cc(Br)c(Cl)c1C. The van der Waals surface area contributed by atoms with Gasteiger partial charge in [-0.2, -0.15) is 0 Å². The molecule has 1 aromatic carbocycles. The van der Waals surface area contributed by atoms with E-state index < -0.39 is 0 Å². The number of hydrogen-bond acceptors (Lipinski definition) is 3. The van der Waals surface area contributed by atoms with Gasteiger partial charge in [-0.25, -0.2) is 0 Å². The molecule has 0 bridgehead atoms. The minimum atomic E-state index is 0.768. The summed E-state index contributed by atoms with van der Waals surface area (Å²) >= 11 is 9.60. The Morgan fingerprint density at radius 1 is 1.44 bits per heavy atom. The molecule has 3 nitrogen and oxygen atoms in total. The summed E-state index contributed by atoms with van der Waals surface area (Å²) in [5.41, 5.74) is 3.25. The number of benzene rings is 1. The fourth-order valence-electron chi connectivity index (χ4n) is 1.58. The van der Waals surface area contributed by atoms with E-state index in [9.17, 15) is 0 Å². The molecule has 0 amide bonds. The zero-order valence-electron chi connectivity index (χ0n) is 9.19. The predicted molar refractivity (Wildman–Crippen MR) is 72.6 cm³/mol. The first-order chi connectivity index (χ1) is 7.59. The van der Waals surface area contributed by atoms with Crippen LogP contribution < -0.4 is 10.6 Å². The van der Waals surface area contributed by atoms with E-state index in [0.717, 1.165) is 45.4 Å². The lowest BCUT2D eigenvalue weighted by Gasteiger charge is -2.14. The lowest BCUT2D eigenvalue weighted by atomic mass is 10.1. The summed E-state index contributed by atoms with van der Waals surface area (Å²) in [7, 11) is 0. The van der Waals surface area contributed by atoms with Gasteiger partial charge in [0, 0.05) is 16.7 Å². The van der Waals surface area contributed by atoms with E-state index >= 15 is 0 Å². The second-order valence-corrected chi connectivity index (χ2v) is 4.98. The standard InChI is InChI=1S/C11H13BrClN3/c1-6-7(2)10(13)8(12)5-9(6)16-11-14-3-4-15-11/h5H,3-4H2,1-2H3,(H2,14,15,16). The normalized spacial score (nSPS) is 14.6. The molecule has 1 aliphatic rings. The van der Waals surface area contributed by atoms with Gasteiger partial charge in [0.25, 0.3) is 0 Å². The summed E-state index contributed by atoms with van der Waals surface area (Å²) in [6.07, 6.45) is 0. The van der Waals surface area contributed by atoms with Crippen LogP contribution in [0.5, 0.6) is 0 Å². The Hall–Kier alpha value is -0.740. The highest BCUT2D eigenvalue weighted by atomic mass is 79.9. The molecule has 16 heavy (non-hydrogen) atoms. The zero-order valence-corrected chi connectivity index (χ0v) is 11.5. The third kappa shape index (κ3) is 2.18. The second kappa shape index (κ2) is 4.63. The molecule has 0 spiro atoms. The van der Waals surface area contributed by atoms with Crippen LogP contribution in [-0.2, 0) is 0 Å². The van der Waals surface area contributed by atoms with E-state index in [-0.39, 0.29) is 0 Å². The van der Waals surface area contributed by atoms with Crippen molar-refractivity contribution in [2.75, 3.05) is 18.4 Å². The Morgan fingerprint density at radius 2 is 2.19 bits per heavy atom. The van der Waals surface area contributed by atoms with Crippen LogP contribution in [0, 0.1) is 13.8 Å². The molecule has 0 unspecified atom stereocenters. The van der Waals surface area contributed by atoms with Crippen molar-refractivity contribution >= 4 is 39.2 Å². The maximum absolute atomic E-state index is 6.15. The van der Waals surface area contributed by atoms with E-state index in [1.807, 2.05) is 19.9 Å². The van der Waals surface area contributed by atoms with E-state index in [1.165, 1.54) is 0 Å². The molecule has 2 rings (SSSR count). The topological polar surface area (TPSA) is 36.4 Å². The number of nitrogens with one attached hydrogen (secondary N) is 2. The average Bonchev–Trinajstić information content (AvgIpc) is 2.76. The van der Waals surface area contributed by atoms with Crippen molar-refractivity contribution < 1.29 is 0 Å². The van der Waals surface area contributed by atoms with Crippen LogP contribution in [0.1, 0.15) is 11.1 Å². The number of nitrogens with zero attached hydrogens (tertiary/aromatic N) is 1. The van der Waals surface area contributed by atoms with E-state index in [4.69, 9.17) is 11.6 Å². The fourth-order valence-corrected chi connectivity index (χ4v) is 2.31.